The first-order valence-corrected chi connectivity index (χ1v) is 5.75. The smallest absolute Gasteiger partial charge is 0.0663 e. The van der Waals surface area contributed by atoms with E-state index in [0.717, 1.165) is 30.7 Å². The fraction of sp³-hybridized carbons (Fsp3) is 0.538. The van der Waals surface area contributed by atoms with Crippen LogP contribution in [0.4, 0.5) is 5.69 Å². The monoisotopic (exact) mass is 223 g/mol. The Balaban J connectivity index is 2.53. The molecule has 0 amide bonds. The number of hydrogen-bond acceptors (Lipinski definition) is 3. The molecule has 3 nitrogen and oxygen atoms in total. The molecule has 0 bridgehead atoms. The molecule has 1 unspecified atom stereocenters. The zero-order valence-electron chi connectivity index (χ0n) is 10.1. The summed E-state index contributed by atoms with van der Waals surface area (Å²) in [4.78, 5) is 0. The van der Waals surface area contributed by atoms with Crippen molar-refractivity contribution >= 4 is 5.69 Å². The maximum atomic E-state index is 8.81. The van der Waals surface area contributed by atoms with Gasteiger partial charge in [-0.05, 0) is 30.5 Å². The number of nitrogens with one attached hydrogen (secondary N) is 1. The van der Waals surface area contributed by atoms with Crippen molar-refractivity contribution in [1.82, 2.24) is 0 Å². The Labute approximate surface area is 97.4 Å². The standard InChI is InChI=1S/C13H21NO2/c1-3-12(10-16-2)14-13-6-4-11(5-7-13)8-9-15/h4-7,12,14-15H,3,8-10H2,1-2H3. The van der Waals surface area contributed by atoms with Crippen LogP contribution in [0.3, 0.4) is 0 Å². The van der Waals surface area contributed by atoms with Gasteiger partial charge < -0.3 is 15.2 Å². The van der Waals surface area contributed by atoms with Crippen molar-refractivity contribution in [3.05, 3.63) is 29.8 Å². The minimum absolute atomic E-state index is 0.202. The lowest BCUT2D eigenvalue weighted by molar-refractivity contribution is 0.184. The molecule has 0 spiro atoms. The van der Waals surface area contributed by atoms with E-state index in [0.29, 0.717) is 6.04 Å². The third kappa shape index (κ3) is 4.21. The van der Waals surface area contributed by atoms with Crippen molar-refractivity contribution in [1.29, 1.82) is 0 Å². The lowest BCUT2D eigenvalue weighted by Gasteiger charge is -2.17. The van der Waals surface area contributed by atoms with E-state index in [-0.39, 0.29) is 6.61 Å². The molecule has 1 aromatic carbocycles. The Hall–Kier alpha value is -1.06. The average Bonchev–Trinajstić information content (AvgIpc) is 2.31. The lowest BCUT2D eigenvalue weighted by atomic mass is 10.1. The minimum Gasteiger partial charge on any atom is -0.396 e. The molecule has 1 atom stereocenters. The molecule has 0 aliphatic heterocycles. The molecule has 3 heteroatoms. The SMILES string of the molecule is CCC(COC)Nc1ccc(CCO)cc1. The third-order valence-electron chi connectivity index (χ3n) is 2.59. The number of hydrogen-bond donors (Lipinski definition) is 2. The highest BCUT2D eigenvalue weighted by Gasteiger charge is 2.04. The molecule has 0 saturated heterocycles. The van der Waals surface area contributed by atoms with Crippen LogP contribution in [0.2, 0.25) is 0 Å². The van der Waals surface area contributed by atoms with E-state index in [1.54, 1.807) is 7.11 Å². The fourth-order valence-corrected chi connectivity index (χ4v) is 1.60. The molecule has 1 aromatic rings. The molecular weight excluding hydrogens is 202 g/mol. The summed E-state index contributed by atoms with van der Waals surface area (Å²) < 4.78 is 5.13. The van der Waals surface area contributed by atoms with E-state index < -0.39 is 0 Å². The molecule has 16 heavy (non-hydrogen) atoms. The van der Waals surface area contributed by atoms with Crippen molar-refractivity contribution in [2.75, 3.05) is 25.6 Å². The Bertz CT molecular complexity index is 284. The Morgan fingerprint density at radius 2 is 2.00 bits per heavy atom. The first-order valence-electron chi connectivity index (χ1n) is 5.75. The molecule has 0 saturated carbocycles. The van der Waals surface area contributed by atoms with E-state index in [9.17, 15) is 0 Å². The lowest BCUT2D eigenvalue weighted by Crippen LogP contribution is -2.23. The van der Waals surface area contributed by atoms with Crippen LogP contribution >= 0.6 is 0 Å². The van der Waals surface area contributed by atoms with Crippen molar-refractivity contribution < 1.29 is 9.84 Å². The van der Waals surface area contributed by atoms with E-state index in [4.69, 9.17) is 9.84 Å². The molecule has 0 aromatic heterocycles. The number of aliphatic hydroxyl groups is 1. The van der Waals surface area contributed by atoms with Gasteiger partial charge in [-0.1, -0.05) is 19.1 Å². The molecule has 0 fully saturated rings. The summed E-state index contributed by atoms with van der Waals surface area (Å²) in [5.41, 5.74) is 2.26. The summed E-state index contributed by atoms with van der Waals surface area (Å²) in [6.45, 7) is 3.06. The summed E-state index contributed by atoms with van der Waals surface area (Å²) in [6, 6.07) is 8.52. The summed E-state index contributed by atoms with van der Waals surface area (Å²) in [5, 5.41) is 12.2. The van der Waals surface area contributed by atoms with Gasteiger partial charge in [0, 0.05) is 25.4 Å². The van der Waals surface area contributed by atoms with Gasteiger partial charge in [0.05, 0.1) is 6.61 Å². The second-order valence-electron chi connectivity index (χ2n) is 3.88. The Morgan fingerprint density at radius 3 is 2.50 bits per heavy atom. The normalized spacial score (nSPS) is 12.4. The first-order chi connectivity index (χ1) is 7.80. The highest BCUT2D eigenvalue weighted by molar-refractivity contribution is 5.45. The van der Waals surface area contributed by atoms with Gasteiger partial charge in [0.2, 0.25) is 0 Å². The zero-order valence-corrected chi connectivity index (χ0v) is 10.1. The number of benzene rings is 1. The van der Waals surface area contributed by atoms with Gasteiger partial charge in [0.15, 0.2) is 0 Å². The minimum atomic E-state index is 0.202. The number of ether oxygens (including phenoxy) is 1. The molecule has 1 rings (SSSR count). The number of anilines is 1. The topological polar surface area (TPSA) is 41.5 Å². The van der Waals surface area contributed by atoms with Crippen LogP contribution in [0.5, 0.6) is 0 Å². The maximum Gasteiger partial charge on any atom is 0.0663 e. The average molecular weight is 223 g/mol. The van der Waals surface area contributed by atoms with E-state index >= 15 is 0 Å². The number of rotatable bonds is 7. The van der Waals surface area contributed by atoms with Gasteiger partial charge in [-0.15, -0.1) is 0 Å². The summed E-state index contributed by atoms with van der Waals surface area (Å²) in [6.07, 6.45) is 1.75. The van der Waals surface area contributed by atoms with Gasteiger partial charge >= 0.3 is 0 Å². The maximum absolute atomic E-state index is 8.81. The van der Waals surface area contributed by atoms with Crippen LogP contribution in [0, 0.1) is 0 Å². The predicted octanol–water partition coefficient (Wildman–Crippen LogP) is 2.06. The molecule has 0 radical (unpaired) electrons. The molecule has 0 aliphatic carbocycles. The summed E-state index contributed by atoms with van der Waals surface area (Å²) in [5.74, 6) is 0. The Kier molecular flexibility index (Phi) is 5.90. The zero-order chi connectivity index (χ0) is 11.8. The molecule has 2 N–H and O–H groups in total. The predicted molar refractivity (Wildman–Crippen MR) is 66.8 cm³/mol. The van der Waals surface area contributed by atoms with Crippen LogP contribution in [0.15, 0.2) is 24.3 Å². The summed E-state index contributed by atoms with van der Waals surface area (Å²) in [7, 11) is 1.72. The van der Waals surface area contributed by atoms with Crippen LogP contribution in [0.25, 0.3) is 0 Å². The van der Waals surface area contributed by atoms with Crippen LogP contribution in [-0.4, -0.2) is 31.5 Å². The van der Waals surface area contributed by atoms with Gasteiger partial charge in [-0.3, -0.25) is 0 Å². The highest BCUT2D eigenvalue weighted by Crippen LogP contribution is 2.12. The van der Waals surface area contributed by atoms with Crippen molar-refractivity contribution in [3.8, 4) is 0 Å². The Morgan fingerprint density at radius 1 is 1.31 bits per heavy atom. The molecule has 90 valence electrons. The molecular formula is C13H21NO2. The largest absolute Gasteiger partial charge is 0.396 e. The van der Waals surface area contributed by atoms with E-state index in [1.807, 2.05) is 24.3 Å². The van der Waals surface area contributed by atoms with Crippen LogP contribution in [0.1, 0.15) is 18.9 Å². The van der Waals surface area contributed by atoms with Crippen LogP contribution in [-0.2, 0) is 11.2 Å². The highest BCUT2D eigenvalue weighted by atomic mass is 16.5. The third-order valence-corrected chi connectivity index (χ3v) is 2.59. The van der Waals surface area contributed by atoms with Crippen LogP contribution < -0.4 is 5.32 Å². The van der Waals surface area contributed by atoms with Gasteiger partial charge in [0.25, 0.3) is 0 Å². The van der Waals surface area contributed by atoms with E-state index in [1.165, 1.54) is 0 Å². The van der Waals surface area contributed by atoms with Crippen molar-refractivity contribution in [2.45, 2.75) is 25.8 Å². The van der Waals surface area contributed by atoms with Crippen molar-refractivity contribution in [3.63, 3.8) is 0 Å². The van der Waals surface area contributed by atoms with Gasteiger partial charge in [0.1, 0.15) is 0 Å². The second kappa shape index (κ2) is 7.25. The molecule has 0 aliphatic rings. The fourth-order valence-electron chi connectivity index (χ4n) is 1.60. The van der Waals surface area contributed by atoms with Gasteiger partial charge in [-0.25, -0.2) is 0 Å². The van der Waals surface area contributed by atoms with Gasteiger partial charge in [-0.2, -0.15) is 0 Å². The summed E-state index contributed by atoms with van der Waals surface area (Å²) >= 11 is 0. The number of aliphatic hydroxyl groups excluding tert-OH is 1. The second-order valence-corrected chi connectivity index (χ2v) is 3.88. The van der Waals surface area contributed by atoms with E-state index in [2.05, 4.69) is 12.2 Å². The number of methoxy groups -OCH3 is 1. The van der Waals surface area contributed by atoms with Crippen molar-refractivity contribution in [2.24, 2.45) is 0 Å². The first kappa shape index (κ1) is 13.0. The molecule has 0 heterocycles. The quantitative estimate of drug-likeness (QED) is 0.743.